The highest BCUT2D eigenvalue weighted by Gasteiger charge is 2.43. The number of aromatic nitrogens is 4. The zero-order chi connectivity index (χ0) is 24.0. The van der Waals surface area contributed by atoms with E-state index in [1.165, 1.54) is 0 Å². The Bertz CT molecular complexity index is 1210. The number of aromatic amines is 1. The number of carbonyl (C=O) groups is 1. The van der Waals surface area contributed by atoms with Crippen LogP contribution in [0.15, 0.2) is 29.4 Å². The molecule has 5 rings (SSSR count). The van der Waals surface area contributed by atoms with Crippen LogP contribution in [0.2, 0.25) is 0 Å². The summed E-state index contributed by atoms with van der Waals surface area (Å²) < 4.78 is 11.0. The van der Waals surface area contributed by atoms with Crippen LogP contribution >= 0.6 is 11.8 Å². The molecule has 2 aromatic heterocycles. The number of ether oxygens (including phenoxy) is 2. The lowest BCUT2D eigenvalue weighted by atomic mass is 10.0. The van der Waals surface area contributed by atoms with Gasteiger partial charge in [0, 0.05) is 48.5 Å². The number of thioether (sulfide) groups is 1. The Balaban J connectivity index is 1.39. The lowest BCUT2D eigenvalue weighted by Crippen LogP contribution is -2.37. The van der Waals surface area contributed by atoms with E-state index < -0.39 is 5.60 Å². The molecule has 2 unspecified atom stereocenters. The number of H-pyrrole nitrogens is 1. The Labute approximate surface area is 203 Å². The van der Waals surface area contributed by atoms with E-state index in [2.05, 4.69) is 20.9 Å². The third-order valence-electron chi connectivity index (χ3n) is 6.34. The summed E-state index contributed by atoms with van der Waals surface area (Å²) in [6.45, 7) is 8.71. The normalized spacial score (nSPS) is 20.1. The highest BCUT2D eigenvalue weighted by Crippen LogP contribution is 2.37. The fourth-order valence-corrected chi connectivity index (χ4v) is 5.38. The van der Waals surface area contributed by atoms with Crippen LogP contribution in [-0.4, -0.2) is 76.1 Å². The molecule has 10 heteroatoms. The van der Waals surface area contributed by atoms with Crippen molar-refractivity contribution >= 4 is 35.0 Å². The SMILES string of the molecule is COc1ccc(-c2nc(N3CC4CN(C(=O)OC(C)(C)C)CC4C3)nc3[nH]cnc23)cc1SC. The molecule has 180 valence electrons. The van der Waals surface area contributed by atoms with Crippen LogP contribution in [0, 0.1) is 11.8 Å². The van der Waals surface area contributed by atoms with Crippen molar-refractivity contribution in [3.8, 4) is 17.0 Å². The van der Waals surface area contributed by atoms with Gasteiger partial charge in [-0.25, -0.2) is 14.8 Å². The predicted octanol–water partition coefficient (Wildman–Crippen LogP) is 4.05. The number of hydrogen-bond acceptors (Lipinski definition) is 8. The predicted molar refractivity (Wildman–Crippen MR) is 132 cm³/mol. The Hall–Kier alpha value is -3.01. The summed E-state index contributed by atoms with van der Waals surface area (Å²) in [4.78, 5) is 35.0. The van der Waals surface area contributed by atoms with Gasteiger partial charge in [0.05, 0.1) is 13.4 Å². The topological polar surface area (TPSA) is 96.5 Å². The molecule has 9 nitrogen and oxygen atoms in total. The lowest BCUT2D eigenvalue weighted by Gasteiger charge is -2.26. The summed E-state index contributed by atoms with van der Waals surface area (Å²) in [5, 5.41) is 0. The Morgan fingerprint density at radius 3 is 2.53 bits per heavy atom. The fourth-order valence-electron chi connectivity index (χ4n) is 4.78. The van der Waals surface area contributed by atoms with Gasteiger partial charge in [-0.05, 0) is 45.2 Å². The summed E-state index contributed by atoms with van der Waals surface area (Å²) in [7, 11) is 1.68. The van der Waals surface area contributed by atoms with Gasteiger partial charge >= 0.3 is 6.09 Å². The summed E-state index contributed by atoms with van der Waals surface area (Å²) in [6, 6.07) is 6.06. The molecule has 0 spiro atoms. The van der Waals surface area contributed by atoms with Crippen LogP contribution < -0.4 is 9.64 Å². The number of carbonyl (C=O) groups excluding carboxylic acids is 1. The molecule has 1 N–H and O–H groups in total. The Morgan fingerprint density at radius 2 is 1.88 bits per heavy atom. The molecule has 34 heavy (non-hydrogen) atoms. The van der Waals surface area contributed by atoms with E-state index in [0.29, 0.717) is 36.5 Å². The minimum Gasteiger partial charge on any atom is -0.496 e. The van der Waals surface area contributed by atoms with Crippen LogP contribution in [0.1, 0.15) is 20.8 Å². The van der Waals surface area contributed by atoms with Crippen LogP contribution in [0.4, 0.5) is 10.7 Å². The average molecular weight is 483 g/mol. The van der Waals surface area contributed by atoms with Gasteiger partial charge in [0.2, 0.25) is 5.95 Å². The largest absolute Gasteiger partial charge is 0.496 e. The maximum absolute atomic E-state index is 12.5. The average Bonchev–Trinajstić information content (AvgIpc) is 3.51. The highest BCUT2D eigenvalue weighted by atomic mass is 32.2. The number of methoxy groups -OCH3 is 1. The number of rotatable bonds is 4. The number of nitrogens with one attached hydrogen (secondary N) is 1. The van der Waals surface area contributed by atoms with Crippen molar-refractivity contribution in [1.29, 1.82) is 0 Å². The molecule has 0 aliphatic carbocycles. The van der Waals surface area contributed by atoms with Gasteiger partial charge in [0.25, 0.3) is 0 Å². The first kappa shape index (κ1) is 22.8. The molecule has 1 aromatic carbocycles. The maximum Gasteiger partial charge on any atom is 0.410 e. The van der Waals surface area contributed by atoms with Crippen LogP contribution in [0.5, 0.6) is 5.75 Å². The van der Waals surface area contributed by atoms with E-state index in [-0.39, 0.29) is 6.09 Å². The van der Waals surface area contributed by atoms with Gasteiger partial charge in [-0.1, -0.05) is 0 Å². The van der Waals surface area contributed by atoms with Crippen molar-refractivity contribution in [3.05, 3.63) is 24.5 Å². The van der Waals surface area contributed by atoms with Gasteiger partial charge in [0.1, 0.15) is 22.6 Å². The maximum atomic E-state index is 12.5. The molecule has 1 amide bonds. The monoisotopic (exact) mass is 482 g/mol. The summed E-state index contributed by atoms with van der Waals surface area (Å²) in [5.41, 5.74) is 2.75. The number of fused-ring (bicyclic) bond motifs is 2. The minimum absolute atomic E-state index is 0.227. The van der Waals surface area contributed by atoms with E-state index in [4.69, 9.17) is 19.4 Å². The second-order valence-corrected chi connectivity index (χ2v) is 10.7. The van der Waals surface area contributed by atoms with E-state index >= 15 is 0 Å². The van der Waals surface area contributed by atoms with Crippen molar-refractivity contribution in [1.82, 2.24) is 24.8 Å². The minimum atomic E-state index is -0.484. The first-order valence-corrected chi connectivity index (χ1v) is 12.6. The molecule has 0 saturated carbocycles. The summed E-state index contributed by atoms with van der Waals surface area (Å²) in [5.74, 6) is 2.28. The van der Waals surface area contributed by atoms with Gasteiger partial charge in [-0.15, -0.1) is 11.8 Å². The van der Waals surface area contributed by atoms with Gasteiger partial charge in [-0.3, -0.25) is 0 Å². The van der Waals surface area contributed by atoms with Gasteiger partial charge < -0.3 is 24.3 Å². The number of amides is 1. The lowest BCUT2D eigenvalue weighted by molar-refractivity contribution is 0.0282. The summed E-state index contributed by atoms with van der Waals surface area (Å²) >= 11 is 1.63. The second-order valence-electron chi connectivity index (χ2n) is 9.85. The van der Waals surface area contributed by atoms with E-state index in [9.17, 15) is 4.79 Å². The highest BCUT2D eigenvalue weighted by molar-refractivity contribution is 7.98. The number of likely N-dealkylation sites (tertiary alicyclic amines) is 1. The Morgan fingerprint density at radius 1 is 1.15 bits per heavy atom. The Kier molecular flexibility index (Phi) is 5.79. The van der Waals surface area contributed by atoms with Crippen molar-refractivity contribution in [2.45, 2.75) is 31.3 Å². The van der Waals surface area contributed by atoms with Crippen LogP contribution in [0.3, 0.4) is 0 Å². The molecular weight excluding hydrogens is 452 g/mol. The van der Waals surface area contributed by atoms with E-state index in [0.717, 1.165) is 40.5 Å². The van der Waals surface area contributed by atoms with Gasteiger partial charge in [0.15, 0.2) is 5.65 Å². The summed E-state index contributed by atoms with van der Waals surface area (Å²) in [6.07, 6.45) is 3.46. The third-order valence-corrected chi connectivity index (χ3v) is 7.10. The van der Waals surface area contributed by atoms with E-state index in [1.807, 2.05) is 44.1 Å². The molecule has 2 atom stereocenters. The van der Waals surface area contributed by atoms with Crippen molar-refractivity contribution in [3.63, 3.8) is 0 Å². The first-order chi connectivity index (χ1) is 16.3. The zero-order valence-electron chi connectivity index (χ0n) is 20.2. The quantitative estimate of drug-likeness (QED) is 0.557. The van der Waals surface area contributed by atoms with Crippen LogP contribution in [0.25, 0.3) is 22.4 Å². The molecule has 2 fully saturated rings. The fraction of sp³-hybridized carbons (Fsp3) is 0.500. The first-order valence-electron chi connectivity index (χ1n) is 11.4. The standard InChI is InChI=1S/C24H30N6O3S/c1-24(2,3)33-23(31)30-11-15-9-29(10-16(15)12-30)22-27-19(20-21(28-22)26-13-25-20)14-6-7-17(32-4)18(8-14)34-5/h6-8,13,15-16H,9-12H2,1-5H3,(H,25,26,27,28). The molecular formula is C24H30N6O3S. The molecule has 2 saturated heterocycles. The molecule has 2 aliphatic heterocycles. The molecule has 0 bridgehead atoms. The number of imidazole rings is 1. The number of benzene rings is 1. The molecule has 0 radical (unpaired) electrons. The third kappa shape index (κ3) is 4.26. The molecule has 2 aliphatic rings. The number of anilines is 1. The van der Waals surface area contributed by atoms with Crippen molar-refractivity contribution in [2.75, 3.05) is 44.4 Å². The smallest absolute Gasteiger partial charge is 0.410 e. The number of nitrogens with zero attached hydrogens (tertiary/aromatic N) is 5. The molecule has 3 aromatic rings. The second kappa shape index (κ2) is 8.65. The van der Waals surface area contributed by atoms with Crippen LogP contribution in [-0.2, 0) is 4.74 Å². The van der Waals surface area contributed by atoms with E-state index in [1.54, 1.807) is 25.2 Å². The molecule has 4 heterocycles. The number of hydrogen-bond donors (Lipinski definition) is 1. The van der Waals surface area contributed by atoms with Crippen molar-refractivity contribution in [2.24, 2.45) is 11.8 Å². The van der Waals surface area contributed by atoms with Gasteiger partial charge in [-0.2, -0.15) is 4.98 Å². The van der Waals surface area contributed by atoms with Crippen molar-refractivity contribution < 1.29 is 14.3 Å². The zero-order valence-corrected chi connectivity index (χ0v) is 21.0.